The topological polar surface area (TPSA) is 53.2 Å². The Hall–Kier alpha value is -1.40. The van der Waals surface area contributed by atoms with Crippen LogP contribution in [0.5, 0.6) is 0 Å². The van der Waals surface area contributed by atoms with Crippen molar-refractivity contribution < 1.29 is 4.74 Å². The van der Waals surface area contributed by atoms with Gasteiger partial charge in [-0.15, -0.1) is 0 Å². The van der Waals surface area contributed by atoms with E-state index in [0.29, 0.717) is 0 Å². The molecule has 1 fully saturated rings. The maximum absolute atomic E-state index is 6.06. The van der Waals surface area contributed by atoms with E-state index in [1.165, 1.54) is 5.56 Å². The summed E-state index contributed by atoms with van der Waals surface area (Å²) < 4.78 is 5.87. The van der Waals surface area contributed by atoms with Crippen LogP contribution in [0.2, 0.25) is 5.02 Å². The monoisotopic (exact) mass is 348 g/mol. The highest BCUT2D eigenvalue weighted by molar-refractivity contribution is 6.30. The second kappa shape index (κ2) is 7.66. The summed E-state index contributed by atoms with van der Waals surface area (Å²) in [4.78, 5) is 9.88. The summed E-state index contributed by atoms with van der Waals surface area (Å²) in [5.74, 6) is 0.951. The van der Waals surface area contributed by atoms with E-state index >= 15 is 0 Å². The highest BCUT2D eigenvalue weighted by Gasteiger charge is 2.31. The minimum absolute atomic E-state index is 0.121. The number of morpholine rings is 1. The normalized spacial score (nSPS) is 19.3. The third kappa shape index (κ3) is 4.57. The van der Waals surface area contributed by atoms with Gasteiger partial charge in [0, 0.05) is 43.1 Å². The molecule has 2 N–H and O–H groups in total. The Kier molecular flexibility index (Phi) is 5.56. The van der Waals surface area contributed by atoms with Crippen LogP contribution >= 0.6 is 11.6 Å². The zero-order valence-electron chi connectivity index (χ0n) is 14.3. The minimum Gasteiger partial charge on any atom is -0.373 e. The van der Waals surface area contributed by atoms with Crippen molar-refractivity contribution in [3.8, 4) is 0 Å². The molecule has 0 bridgehead atoms. The predicted molar refractivity (Wildman–Crippen MR) is 96.1 cm³/mol. The van der Waals surface area contributed by atoms with Gasteiger partial charge in [0.2, 0.25) is 0 Å². The number of rotatable bonds is 6. The number of benzene rings is 1. The SMILES string of the molecule is CC1(C)CN(C(CNCc2ncc[nH]2)c2ccc(Cl)cc2)CCO1. The van der Waals surface area contributed by atoms with Crippen molar-refractivity contribution in [2.75, 3.05) is 26.2 Å². The van der Waals surface area contributed by atoms with Gasteiger partial charge in [-0.05, 0) is 31.5 Å². The molecular weight excluding hydrogens is 324 g/mol. The van der Waals surface area contributed by atoms with Gasteiger partial charge in [-0.25, -0.2) is 4.98 Å². The van der Waals surface area contributed by atoms with Crippen LogP contribution in [-0.4, -0.2) is 46.7 Å². The number of ether oxygens (including phenoxy) is 1. The van der Waals surface area contributed by atoms with Crippen molar-refractivity contribution in [3.63, 3.8) is 0 Å². The van der Waals surface area contributed by atoms with E-state index in [0.717, 1.165) is 43.6 Å². The number of hydrogen-bond acceptors (Lipinski definition) is 4. The lowest BCUT2D eigenvalue weighted by atomic mass is 10.0. The summed E-state index contributed by atoms with van der Waals surface area (Å²) in [7, 11) is 0. The van der Waals surface area contributed by atoms with E-state index in [1.54, 1.807) is 6.20 Å². The fraction of sp³-hybridized carbons (Fsp3) is 0.500. The molecule has 0 spiro atoms. The molecule has 1 atom stereocenters. The van der Waals surface area contributed by atoms with E-state index < -0.39 is 0 Å². The molecule has 5 nitrogen and oxygen atoms in total. The molecule has 0 amide bonds. The molecular formula is C18H25ClN4O. The van der Waals surface area contributed by atoms with Crippen LogP contribution < -0.4 is 5.32 Å². The Morgan fingerprint density at radius 2 is 2.17 bits per heavy atom. The van der Waals surface area contributed by atoms with Crippen molar-refractivity contribution in [2.45, 2.75) is 32.0 Å². The Bertz CT molecular complexity index is 627. The fourth-order valence-corrected chi connectivity index (χ4v) is 3.31. The van der Waals surface area contributed by atoms with E-state index in [-0.39, 0.29) is 11.6 Å². The van der Waals surface area contributed by atoms with E-state index in [4.69, 9.17) is 16.3 Å². The molecule has 2 aromatic rings. The molecule has 0 aliphatic carbocycles. The lowest BCUT2D eigenvalue weighted by Gasteiger charge is -2.42. The van der Waals surface area contributed by atoms with Crippen molar-refractivity contribution in [3.05, 3.63) is 53.1 Å². The van der Waals surface area contributed by atoms with Crippen molar-refractivity contribution >= 4 is 11.6 Å². The number of aromatic nitrogens is 2. The molecule has 1 saturated heterocycles. The largest absolute Gasteiger partial charge is 0.373 e. The summed E-state index contributed by atoms with van der Waals surface area (Å²) in [5.41, 5.74) is 1.15. The van der Waals surface area contributed by atoms with Crippen LogP contribution in [0, 0.1) is 0 Å². The van der Waals surface area contributed by atoms with Crippen molar-refractivity contribution in [1.82, 2.24) is 20.2 Å². The number of hydrogen-bond donors (Lipinski definition) is 2. The first-order chi connectivity index (χ1) is 11.5. The van der Waals surface area contributed by atoms with Crippen molar-refractivity contribution in [2.24, 2.45) is 0 Å². The number of aromatic amines is 1. The van der Waals surface area contributed by atoms with Gasteiger partial charge in [-0.2, -0.15) is 0 Å². The summed E-state index contributed by atoms with van der Waals surface area (Å²) in [6.07, 6.45) is 3.62. The van der Waals surface area contributed by atoms with E-state index in [9.17, 15) is 0 Å². The second-order valence-corrected chi connectivity index (χ2v) is 7.25. The molecule has 1 aliphatic heterocycles. The summed E-state index contributed by atoms with van der Waals surface area (Å²) in [5, 5.41) is 4.28. The molecule has 3 rings (SSSR count). The van der Waals surface area contributed by atoms with Gasteiger partial charge >= 0.3 is 0 Å². The molecule has 0 saturated carbocycles. The summed E-state index contributed by atoms with van der Waals surface area (Å²) in [6.45, 7) is 8.46. The average Bonchev–Trinajstić information content (AvgIpc) is 3.05. The van der Waals surface area contributed by atoms with Gasteiger partial charge in [-0.1, -0.05) is 23.7 Å². The van der Waals surface area contributed by atoms with Gasteiger partial charge in [0.05, 0.1) is 18.8 Å². The van der Waals surface area contributed by atoms with Gasteiger partial charge in [0.25, 0.3) is 0 Å². The lowest BCUT2D eigenvalue weighted by Crippen LogP contribution is -2.51. The summed E-state index contributed by atoms with van der Waals surface area (Å²) >= 11 is 6.06. The molecule has 1 aromatic carbocycles. The van der Waals surface area contributed by atoms with Crippen LogP contribution in [0.4, 0.5) is 0 Å². The quantitative estimate of drug-likeness (QED) is 0.842. The Morgan fingerprint density at radius 1 is 1.38 bits per heavy atom. The standard InChI is InChI=1S/C18H25ClN4O/c1-18(2)13-23(9-10-24-18)16(14-3-5-15(19)6-4-14)11-20-12-17-21-7-8-22-17/h3-8,16,20H,9-13H2,1-2H3,(H,21,22). The predicted octanol–water partition coefficient (Wildman–Crippen LogP) is 3.00. The van der Waals surface area contributed by atoms with Crippen molar-refractivity contribution in [1.29, 1.82) is 0 Å². The van der Waals surface area contributed by atoms with Crippen LogP contribution in [0.25, 0.3) is 0 Å². The molecule has 1 unspecified atom stereocenters. The first-order valence-corrected chi connectivity index (χ1v) is 8.74. The average molecular weight is 349 g/mol. The first-order valence-electron chi connectivity index (χ1n) is 8.36. The Balaban J connectivity index is 1.71. The Labute approximate surface area is 148 Å². The van der Waals surface area contributed by atoms with Gasteiger partial charge in [0.15, 0.2) is 0 Å². The maximum atomic E-state index is 6.06. The molecule has 1 aromatic heterocycles. The number of nitrogens with zero attached hydrogens (tertiary/aromatic N) is 2. The van der Waals surface area contributed by atoms with Gasteiger partial charge < -0.3 is 15.0 Å². The molecule has 24 heavy (non-hydrogen) atoms. The Morgan fingerprint density at radius 3 is 2.83 bits per heavy atom. The lowest BCUT2D eigenvalue weighted by molar-refractivity contribution is -0.0974. The molecule has 1 aliphatic rings. The zero-order valence-corrected chi connectivity index (χ0v) is 15.0. The van der Waals surface area contributed by atoms with Crippen LogP contribution in [-0.2, 0) is 11.3 Å². The molecule has 6 heteroatoms. The fourth-order valence-electron chi connectivity index (χ4n) is 3.18. The van der Waals surface area contributed by atoms with Crippen LogP contribution in [0.1, 0.15) is 31.3 Å². The number of H-pyrrole nitrogens is 1. The molecule has 130 valence electrons. The number of nitrogens with one attached hydrogen (secondary N) is 2. The smallest absolute Gasteiger partial charge is 0.120 e. The van der Waals surface area contributed by atoms with E-state index in [2.05, 4.69) is 46.2 Å². The third-order valence-corrected chi connectivity index (χ3v) is 4.59. The van der Waals surface area contributed by atoms with Crippen LogP contribution in [0.3, 0.4) is 0 Å². The molecule has 2 heterocycles. The zero-order chi connectivity index (χ0) is 17.0. The maximum Gasteiger partial charge on any atom is 0.120 e. The molecule has 0 radical (unpaired) electrons. The highest BCUT2D eigenvalue weighted by atomic mass is 35.5. The first kappa shape index (κ1) is 17.4. The van der Waals surface area contributed by atoms with E-state index in [1.807, 2.05) is 18.3 Å². The highest BCUT2D eigenvalue weighted by Crippen LogP contribution is 2.27. The van der Waals surface area contributed by atoms with Crippen LogP contribution in [0.15, 0.2) is 36.7 Å². The second-order valence-electron chi connectivity index (χ2n) is 6.81. The van der Waals surface area contributed by atoms with Gasteiger partial charge in [-0.3, -0.25) is 4.90 Å². The minimum atomic E-state index is -0.121. The van der Waals surface area contributed by atoms with Gasteiger partial charge in [0.1, 0.15) is 5.82 Å². The number of imidazole rings is 1. The third-order valence-electron chi connectivity index (χ3n) is 4.34. The summed E-state index contributed by atoms with van der Waals surface area (Å²) in [6, 6.07) is 8.43. The number of halogens is 1.